The molecule has 14 atom stereocenters. The summed E-state index contributed by atoms with van der Waals surface area (Å²) in [7, 11) is -15.3. The van der Waals surface area contributed by atoms with E-state index in [9.17, 15) is 62.9 Å². The number of aliphatic hydroxyl groups is 7. The van der Waals surface area contributed by atoms with Gasteiger partial charge in [-0.1, -0.05) is 38.5 Å². The van der Waals surface area contributed by atoms with Gasteiger partial charge in [0.25, 0.3) is 0 Å². The Hall–Kier alpha value is -4.33. The zero-order chi connectivity index (χ0) is 70.6. The normalized spacial score (nSPS) is 29.2. The number of halogens is 5. The van der Waals surface area contributed by atoms with Gasteiger partial charge in [-0.15, -0.1) is 0 Å². The van der Waals surface area contributed by atoms with Crippen molar-refractivity contribution in [2.45, 2.75) is 192 Å². The predicted molar refractivity (Wildman–Crippen MR) is 334 cm³/mol. The molecule has 98 heavy (non-hydrogen) atoms. The molecule has 4 saturated heterocycles. The summed E-state index contributed by atoms with van der Waals surface area (Å²) < 4.78 is 103. The quantitative estimate of drug-likeness (QED) is 0.0341. The van der Waals surface area contributed by atoms with Crippen LogP contribution >= 0.6 is 57.6 Å². The Morgan fingerprint density at radius 3 is 1.14 bits per heavy atom. The van der Waals surface area contributed by atoms with Crippen LogP contribution in [0.25, 0.3) is 33.1 Å². The largest absolute Gasteiger partial charge is 0.392 e. The molecule has 3 saturated carbocycles. The Morgan fingerprint density at radius 1 is 0.531 bits per heavy atom. The highest BCUT2D eigenvalue weighted by atomic mass is 35.5. The lowest BCUT2D eigenvalue weighted by Crippen LogP contribution is -2.53. The van der Waals surface area contributed by atoms with E-state index in [1.165, 1.54) is 32.6 Å². The summed E-state index contributed by atoms with van der Waals surface area (Å²) >= 11 is 18.3. The highest BCUT2D eigenvalue weighted by Gasteiger charge is 2.57. The van der Waals surface area contributed by atoms with Gasteiger partial charge in [-0.05, 0) is 73.3 Å². The van der Waals surface area contributed by atoms with E-state index < -0.39 is 133 Å². The van der Waals surface area contributed by atoms with Crippen molar-refractivity contribution in [3.63, 3.8) is 0 Å². The standard InChI is InChI=1S/C18H25ClN5O8P.C17H24ClFN5O8P.C17H24ClFN5O7P/c19-17-22-14(21-9-3-1-2-4-9)10-5-20-24(15(10)23-17)16-13(26)12(25)11(32-16)6-31-18(7-30-8-18)33(27,28)29;18-16-22-13(21-8-3-1-2-4-8)9-5-20-24(14(9)23-16)15-12(27)11(26)10(32-15)6-31-17(19,7-25)33(28,29)30;1-17(19,32(27,28)29)30-7-10-11(25)12(26)15(31-10)24-14-9(6-20-24)13(22-16(18)23-14)21-8-4-2-3-5-8/h5,9,11-13,16,25-26H,1-4,6-8H2,(H,21,22,23)(H2,27,28,29);5,8,10-12,15,25-27H,1-4,6-7H2,(H,21,22,23)(H2,28,29,30);6,8,10-12,15,25-26H,2-5,7H2,1H3,(H,21,22,23)(H2,27,28,29)/t11-,12-,13-,16-;2*10-,11-,12-,15-,17?/m111/s1. The molecule has 0 bridgehead atoms. The van der Waals surface area contributed by atoms with Gasteiger partial charge in [-0.3, -0.25) is 13.7 Å². The van der Waals surface area contributed by atoms with Crippen molar-refractivity contribution in [1.82, 2.24) is 59.2 Å². The number of ether oxygens (including phenoxy) is 7. The van der Waals surface area contributed by atoms with E-state index in [0.29, 0.717) is 46.2 Å². The number of aliphatic hydroxyl groups excluding tert-OH is 7. The van der Waals surface area contributed by atoms with Crippen molar-refractivity contribution < 1.29 is 121 Å². The minimum absolute atomic E-state index is 0.00812. The van der Waals surface area contributed by atoms with Gasteiger partial charge in [-0.2, -0.15) is 54.0 Å². The molecule has 4 aliphatic heterocycles. The molecule has 2 unspecified atom stereocenters. The maximum atomic E-state index is 14.2. The lowest BCUT2D eigenvalue weighted by Gasteiger charge is -2.41. The van der Waals surface area contributed by atoms with Gasteiger partial charge >= 0.3 is 34.0 Å². The number of anilines is 3. The molecule has 6 aromatic heterocycles. The minimum atomic E-state index is -5.49. The van der Waals surface area contributed by atoms with Crippen LogP contribution in [0.1, 0.15) is 103 Å². The molecule has 7 aliphatic rings. The van der Waals surface area contributed by atoms with Gasteiger partial charge in [0.05, 0.1) is 67.8 Å². The van der Waals surface area contributed by atoms with Crippen LogP contribution in [0.2, 0.25) is 15.9 Å². The molecule has 544 valence electrons. The molecule has 7 fully saturated rings. The third-order valence-corrected chi connectivity index (χ3v) is 22.2. The lowest BCUT2D eigenvalue weighted by molar-refractivity contribution is -0.189. The molecule has 3 aliphatic carbocycles. The van der Waals surface area contributed by atoms with Crippen LogP contribution < -0.4 is 16.0 Å². The van der Waals surface area contributed by atoms with Gasteiger partial charge in [0.1, 0.15) is 79.0 Å². The lowest BCUT2D eigenvalue weighted by atomic mass is 10.1. The summed E-state index contributed by atoms with van der Waals surface area (Å²) in [6, 6.07) is 0.741. The zero-order valence-corrected chi connectivity index (χ0v) is 56.6. The Bertz CT molecular complexity index is 3780. The molecule has 6 aromatic rings. The molecule has 13 rings (SSSR count). The summed E-state index contributed by atoms with van der Waals surface area (Å²) in [6.07, 6.45) is 0.714. The first kappa shape index (κ1) is 74.8. The molecule has 0 aromatic carbocycles. The summed E-state index contributed by atoms with van der Waals surface area (Å²) in [6.45, 7) is -3.57. The van der Waals surface area contributed by atoms with Crippen molar-refractivity contribution >= 4 is 108 Å². The second-order valence-corrected chi connectivity index (χ2v) is 31.3. The van der Waals surface area contributed by atoms with Crippen LogP contribution in [0.3, 0.4) is 0 Å². The maximum Gasteiger partial charge on any atom is 0.392 e. The van der Waals surface area contributed by atoms with Crippen molar-refractivity contribution in [3.8, 4) is 0 Å². The first-order valence-corrected chi connectivity index (χ1v) is 36.9. The molecule has 38 nitrogen and oxygen atoms in total. The van der Waals surface area contributed by atoms with Gasteiger partial charge in [0, 0.05) is 25.0 Å². The third-order valence-electron chi connectivity index (χ3n) is 17.9. The average molecular weight is 1510 g/mol. The first-order chi connectivity index (χ1) is 46.2. The number of alkyl halides is 2. The number of fused-ring (bicyclic) bond motifs is 3. The van der Waals surface area contributed by atoms with Gasteiger partial charge in [0.15, 0.2) is 35.6 Å². The Labute approximate surface area is 568 Å². The van der Waals surface area contributed by atoms with Crippen LogP contribution in [0.4, 0.5) is 26.2 Å². The van der Waals surface area contributed by atoms with E-state index in [0.717, 1.165) is 77.0 Å². The maximum absolute atomic E-state index is 14.2. The van der Waals surface area contributed by atoms with E-state index in [1.54, 1.807) is 0 Å². The fourth-order valence-corrected chi connectivity index (χ4v) is 14.1. The van der Waals surface area contributed by atoms with E-state index in [2.05, 4.69) is 70.6 Å². The fraction of sp³-hybridized carbons (Fsp3) is 0.712. The third kappa shape index (κ3) is 15.6. The van der Waals surface area contributed by atoms with E-state index in [4.69, 9.17) is 83.2 Å². The van der Waals surface area contributed by atoms with Gasteiger partial charge in [0.2, 0.25) is 21.2 Å². The fourth-order valence-electron chi connectivity index (χ4n) is 12.2. The second kappa shape index (κ2) is 29.8. The van der Waals surface area contributed by atoms with Crippen LogP contribution in [0.15, 0.2) is 18.6 Å². The van der Waals surface area contributed by atoms with Crippen molar-refractivity contribution in [3.05, 3.63) is 34.4 Å². The predicted octanol–water partition coefficient (Wildman–Crippen LogP) is 1.93. The summed E-state index contributed by atoms with van der Waals surface area (Å²) in [5.74, 6) is 1.48. The van der Waals surface area contributed by atoms with Crippen LogP contribution in [-0.4, -0.2) is 254 Å². The molecular formula is C52H73Cl3F2N15O23P3. The van der Waals surface area contributed by atoms with Crippen LogP contribution in [0, 0.1) is 0 Å². The van der Waals surface area contributed by atoms with Crippen LogP contribution in [0.5, 0.6) is 0 Å². The SMILES string of the molecule is CC(F)(OC[C@H]1O[C@@H](n2ncc3c(NC4CCCC4)nc(Cl)nc32)[C@H](O)[C@@H]1O)P(=O)(O)O.O=P(O)(O)C(F)(CO)OC[C@H]1O[C@@H](n2ncc3c(NC4CCCC4)nc(Cl)nc32)[C@H](O)[C@@H]1O.O=P(O)(O)C1(OC[C@H]2O[C@@H](n3ncc4c(NC5CCCC5)nc(Cl)nc43)[C@H](O)[C@@H]2O)COC1. The molecule has 16 N–H and O–H groups in total. The number of nitrogens with zero attached hydrogens (tertiary/aromatic N) is 12. The Morgan fingerprint density at radius 2 is 0.857 bits per heavy atom. The Kier molecular flexibility index (Phi) is 22.8. The molecule has 0 radical (unpaired) electrons. The van der Waals surface area contributed by atoms with E-state index >= 15 is 0 Å². The van der Waals surface area contributed by atoms with Crippen LogP contribution in [-0.2, 0) is 46.9 Å². The number of hydrogen-bond donors (Lipinski definition) is 16. The highest BCUT2D eigenvalue weighted by molar-refractivity contribution is 7.53. The highest BCUT2D eigenvalue weighted by Crippen LogP contribution is 2.56. The minimum Gasteiger partial charge on any atom is -0.390 e. The number of nitrogens with one attached hydrogen (secondary N) is 3. The molecule has 0 amide bonds. The van der Waals surface area contributed by atoms with E-state index in [-0.39, 0.29) is 65.1 Å². The van der Waals surface area contributed by atoms with Gasteiger partial charge < -0.3 is 114 Å². The summed E-state index contributed by atoms with van der Waals surface area (Å²) in [5, 5.41) is 94.1. The first-order valence-electron chi connectivity index (χ1n) is 30.9. The average Bonchev–Trinajstić information content (AvgIpc) is 1.63. The topological polar surface area (TPSA) is 546 Å². The van der Waals surface area contributed by atoms with E-state index in [1.807, 2.05) is 0 Å². The monoisotopic (exact) mass is 1510 g/mol. The molecule has 10 heterocycles. The summed E-state index contributed by atoms with van der Waals surface area (Å²) in [4.78, 5) is 80.6. The second-order valence-electron chi connectivity index (χ2n) is 24.7. The van der Waals surface area contributed by atoms with Crippen molar-refractivity contribution in [2.24, 2.45) is 0 Å². The number of rotatable bonds is 22. The zero-order valence-electron chi connectivity index (χ0n) is 51.6. The van der Waals surface area contributed by atoms with Crippen molar-refractivity contribution in [1.29, 1.82) is 0 Å². The van der Waals surface area contributed by atoms with Crippen molar-refractivity contribution in [2.75, 3.05) is 55.6 Å². The molecular weight excluding hydrogens is 1440 g/mol. The van der Waals surface area contributed by atoms with Gasteiger partial charge in [-0.25, -0.2) is 14.0 Å². The number of hydrogen-bond acceptors (Lipinski definition) is 29. The Balaban J connectivity index is 0.000000149. The smallest absolute Gasteiger partial charge is 0.390 e. The molecule has 46 heteroatoms. The number of aromatic nitrogens is 12. The molecule has 0 spiro atoms. The summed E-state index contributed by atoms with van der Waals surface area (Å²) in [5.41, 5.74) is -6.20.